The molecule has 2 N–H and O–H groups in total. The normalized spacial score (nSPS) is 15.4. The minimum Gasteiger partial charge on any atom is -0.327 e. The summed E-state index contributed by atoms with van der Waals surface area (Å²) in [6, 6.07) is 8.97. The smallest absolute Gasteiger partial charge is 0.0130 e. The highest BCUT2D eigenvalue weighted by molar-refractivity contribution is 14.1. The van der Waals surface area contributed by atoms with Crippen LogP contribution >= 0.6 is 22.6 Å². The molecule has 0 aromatic heterocycles. The maximum absolute atomic E-state index is 6.26. The van der Waals surface area contributed by atoms with Gasteiger partial charge in [-0.15, -0.1) is 0 Å². The molecule has 0 bridgehead atoms. The molecule has 0 saturated carbocycles. The van der Waals surface area contributed by atoms with Crippen LogP contribution in [0.1, 0.15) is 46.1 Å². The lowest BCUT2D eigenvalue weighted by Crippen LogP contribution is -2.26. The van der Waals surface area contributed by atoms with Crippen molar-refractivity contribution in [3.8, 4) is 0 Å². The van der Waals surface area contributed by atoms with Crippen LogP contribution in [0.15, 0.2) is 24.3 Å². The first-order valence-electron chi connectivity index (χ1n) is 6.76. The summed E-state index contributed by atoms with van der Waals surface area (Å²) in [6.07, 6.45) is 3.35. The zero-order chi connectivity index (χ0) is 13.8. The Kier molecular flexibility index (Phi) is 6.12. The van der Waals surface area contributed by atoms with E-state index in [1.165, 1.54) is 15.6 Å². The monoisotopic (exact) mass is 359 g/mol. The van der Waals surface area contributed by atoms with Crippen LogP contribution in [-0.4, -0.2) is 6.04 Å². The van der Waals surface area contributed by atoms with Gasteiger partial charge in [-0.3, -0.25) is 0 Å². The average molecular weight is 359 g/mol. The second kappa shape index (κ2) is 6.90. The van der Waals surface area contributed by atoms with E-state index >= 15 is 0 Å². The molecule has 0 radical (unpaired) electrons. The second-order valence-electron chi connectivity index (χ2n) is 6.70. The minimum atomic E-state index is 0.280. The lowest BCUT2D eigenvalue weighted by atomic mass is 9.82. The Morgan fingerprint density at radius 2 is 1.72 bits per heavy atom. The van der Waals surface area contributed by atoms with Gasteiger partial charge in [-0.25, -0.2) is 0 Å². The Hall–Kier alpha value is -0.0900. The van der Waals surface area contributed by atoms with Gasteiger partial charge >= 0.3 is 0 Å². The van der Waals surface area contributed by atoms with Crippen LogP contribution < -0.4 is 5.73 Å². The van der Waals surface area contributed by atoms with Crippen molar-refractivity contribution in [1.29, 1.82) is 0 Å². The lowest BCUT2D eigenvalue weighted by molar-refractivity contribution is 0.285. The van der Waals surface area contributed by atoms with E-state index in [-0.39, 0.29) is 6.04 Å². The minimum absolute atomic E-state index is 0.280. The van der Waals surface area contributed by atoms with Crippen LogP contribution in [0, 0.1) is 14.9 Å². The van der Waals surface area contributed by atoms with Crippen molar-refractivity contribution < 1.29 is 0 Å². The SMILES string of the molecule is CC(CC(N)Cc1ccc(I)cc1)CC(C)(C)C. The van der Waals surface area contributed by atoms with Crippen LogP contribution in [0.4, 0.5) is 0 Å². The fourth-order valence-electron chi connectivity index (χ4n) is 2.65. The molecule has 0 fully saturated rings. The van der Waals surface area contributed by atoms with Crippen molar-refractivity contribution in [3.63, 3.8) is 0 Å². The molecule has 0 heterocycles. The molecule has 1 aromatic rings. The maximum Gasteiger partial charge on any atom is 0.0130 e. The van der Waals surface area contributed by atoms with Gasteiger partial charge in [0, 0.05) is 9.61 Å². The van der Waals surface area contributed by atoms with Gasteiger partial charge in [-0.05, 0) is 70.9 Å². The molecule has 0 spiro atoms. The first-order chi connectivity index (χ1) is 8.26. The fourth-order valence-corrected chi connectivity index (χ4v) is 3.01. The Morgan fingerprint density at radius 1 is 1.17 bits per heavy atom. The predicted octanol–water partition coefficient (Wildman–Crippen LogP) is 4.62. The van der Waals surface area contributed by atoms with Gasteiger partial charge in [-0.2, -0.15) is 0 Å². The van der Waals surface area contributed by atoms with E-state index in [0.717, 1.165) is 12.8 Å². The third-order valence-corrected chi connectivity index (χ3v) is 3.80. The number of benzene rings is 1. The zero-order valence-corrected chi connectivity index (χ0v) is 14.2. The number of nitrogens with two attached hydrogens (primary N) is 1. The number of halogens is 1. The topological polar surface area (TPSA) is 26.0 Å². The van der Waals surface area contributed by atoms with Gasteiger partial charge in [0.05, 0.1) is 0 Å². The molecular formula is C16H26IN. The molecular weight excluding hydrogens is 333 g/mol. The molecule has 2 atom stereocenters. The van der Waals surface area contributed by atoms with Crippen molar-refractivity contribution in [1.82, 2.24) is 0 Å². The van der Waals surface area contributed by atoms with Crippen molar-refractivity contribution in [3.05, 3.63) is 33.4 Å². The van der Waals surface area contributed by atoms with Gasteiger partial charge < -0.3 is 5.73 Å². The summed E-state index contributed by atoms with van der Waals surface area (Å²) in [6.45, 7) is 9.22. The Morgan fingerprint density at radius 3 is 2.22 bits per heavy atom. The first kappa shape index (κ1) is 16.0. The highest BCUT2D eigenvalue weighted by Gasteiger charge is 2.17. The molecule has 2 heteroatoms. The van der Waals surface area contributed by atoms with Gasteiger partial charge in [0.1, 0.15) is 0 Å². The van der Waals surface area contributed by atoms with Crippen LogP contribution in [0.2, 0.25) is 0 Å². The highest BCUT2D eigenvalue weighted by Crippen LogP contribution is 2.26. The van der Waals surface area contributed by atoms with Crippen LogP contribution in [0.3, 0.4) is 0 Å². The Labute approximate surface area is 126 Å². The standard InChI is InChI=1S/C16H26IN/c1-12(11-16(2,3)4)9-15(18)10-13-5-7-14(17)8-6-13/h5-8,12,15H,9-11,18H2,1-4H3. The predicted molar refractivity (Wildman–Crippen MR) is 88.7 cm³/mol. The van der Waals surface area contributed by atoms with Crippen molar-refractivity contribution in [2.45, 2.75) is 53.0 Å². The molecule has 1 aromatic carbocycles. The Bertz CT molecular complexity index is 350. The maximum atomic E-state index is 6.26. The lowest BCUT2D eigenvalue weighted by Gasteiger charge is -2.25. The van der Waals surface area contributed by atoms with E-state index in [0.29, 0.717) is 11.3 Å². The molecule has 1 rings (SSSR count). The van der Waals surface area contributed by atoms with Gasteiger partial charge in [0.25, 0.3) is 0 Å². The van der Waals surface area contributed by atoms with Gasteiger partial charge in [0.2, 0.25) is 0 Å². The zero-order valence-electron chi connectivity index (χ0n) is 12.0. The summed E-state index contributed by atoms with van der Waals surface area (Å²) in [5.41, 5.74) is 8.02. The second-order valence-corrected chi connectivity index (χ2v) is 7.94. The summed E-state index contributed by atoms with van der Waals surface area (Å²) < 4.78 is 1.28. The van der Waals surface area contributed by atoms with Crippen LogP contribution in [0.25, 0.3) is 0 Å². The van der Waals surface area contributed by atoms with Crippen LogP contribution in [-0.2, 0) is 6.42 Å². The van der Waals surface area contributed by atoms with E-state index in [1.54, 1.807) is 0 Å². The molecule has 18 heavy (non-hydrogen) atoms. The summed E-state index contributed by atoms with van der Waals surface area (Å²) in [5.74, 6) is 0.698. The van der Waals surface area contributed by atoms with Crippen molar-refractivity contribution in [2.24, 2.45) is 17.1 Å². The molecule has 102 valence electrons. The van der Waals surface area contributed by atoms with Crippen LogP contribution in [0.5, 0.6) is 0 Å². The summed E-state index contributed by atoms with van der Waals surface area (Å²) in [7, 11) is 0. The Balaban J connectivity index is 2.41. The van der Waals surface area contributed by atoms with E-state index in [4.69, 9.17) is 5.73 Å². The van der Waals surface area contributed by atoms with E-state index in [9.17, 15) is 0 Å². The third-order valence-electron chi connectivity index (χ3n) is 3.08. The largest absolute Gasteiger partial charge is 0.327 e. The molecule has 2 unspecified atom stereocenters. The number of hydrogen-bond donors (Lipinski definition) is 1. The van der Waals surface area contributed by atoms with Gasteiger partial charge in [0.15, 0.2) is 0 Å². The molecule has 0 saturated heterocycles. The number of hydrogen-bond acceptors (Lipinski definition) is 1. The first-order valence-corrected chi connectivity index (χ1v) is 7.84. The summed E-state index contributed by atoms with van der Waals surface area (Å²) in [5, 5.41) is 0. The fraction of sp³-hybridized carbons (Fsp3) is 0.625. The average Bonchev–Trinajstić information content (AvgIpc) is 2.18. The van der Waals surface area contributed by atoms with E-state index < -0.39 is 0 Å². The third kappa shape index (κ3) is 6.74. The summed E-state index contributed by atoms with van der Waals surface area (Å²) in [4.78, 5) is 0. The molecule has 0 aliphatic rings. The highest BCUT2D eigenvalue weighted by atomic mass is 127. The van der Waals surface area contributed by atoms with E-state index in [2.05, 4.69) is 74.6 Å². The quantitative estimate of drug-likeness (QED) is 0.763. The molecule has 0 amide bonds. The van der Waals surface area contributed by atoms with Crippen molar-refractivity contribution in [2.75, 3.05) is 0 Å². The summed E-state index contributed by atoms with van der Waals surface area (Å²) >= 11 is 2.33. The molecule has 0 aliphatic carbocycles. The number of rotatable bonds is 5. The van der Waals surface area contributed by atoms with Crippen molar-refractivity contribution >= 4 is 22.6 Å². The molecule has 1 nitrogen and oxygen atoms in total. The van der Waals surface area contributed by atoms with Gasteiger partial charge in [-0.1, -0.05) is 39.8 Å². The van der Waals surface area contributed by atoms with E-state index in [1.807, 2.05) is 0 Å². The molecule has 0 aliphatic heterocycles.